The van der Waals surface area contributed by atoms with Gasteiger partial charge in [0.25, 0.3) is 0 Å². The third-order valence-electron chi connectivity index (χ3n) is 2.57. The van der Waals surface area contributed by atoms with Crippen molar-refractivity contribution in [3.63, 3.8) is 0 Å². The van der Waals surface area contributed by atoms with Gasteiger partial charge in [0, 0.05) is 32.5 Å². The summed E-state index contributed by atoms with van der Waals surface area (Å²) in [4.78, 5) is 12.2. The molecular weight excluding hydrogens is 198 g/mol. The highest BCUT2D eigenvalue weighted by Gasteiger charge is 2.20. The molecule has 1 unspecified atom stereocenters. The van der Waals surface area contributed by atoms with Gasteiger partial charge in [0.2, 0.25) is 0 Å². The minimum atomic E-state index is -0.650. The summed E-state index contributed by atoms with van der Waals surface area (Å²) in [6, 6.07) is 0. The number of hydrogen-bond acceptors (Lipinski definition) is 3. The minimum Gasteiger partial charge on any atom is -0.381 e. The first-order valence-electron chi connectivity index (χ1n) is 5.15. The number of ether oxygens (including phenoxy) is 1. The van der Waals surface area contributed by atoms with E-state index in [1.54, 1.807) is 6.92 Å². The summed E-state index contributed by atoms with van der Waals surface area (Å²) >= 11 is 0. The Hall–Kier alpha value is -1.17. The molecule has 1 aliphatic rings. The van der Waals surface area contributed by atoms with E-state index >= 15 is 0 Å². The van der Waals surface area contributed by atoms with Crippen molar-refractivity contribution in [2.24, 2.45) is 11.0 Å². The Morgan fingerprint density at radius 1 is 1.73 bits per heavy atom. The maximum absolute atomic E-state index is 10.2. The summed E-state index contributed by atoms with van der Waals surface area (Å²) in [5, 5.41) is 12.9. The molecule has 0 bridgehead atoms. The Morgan fingerprint density at radius 3 is 2.93 bits per heavy atom. The summed E-state index contributed by atoms with van der Waals surface area (Å²) in [7, 11) is 0. The summed E-state index contributed by atoms with van der Waals surface area (Å²) in [5.41, 5.74) is 0. The Kier molecular flexibility index (Phi) is 4.48. The molecule has 6 heteroatoms. The Labute approximate surface area is 89.0 Å². The van der Waals surface area contributed by atoms with Gasteiger partial charge in [-0.1, -0.05) is 0 Å². The van der Waals surface area contributed by atoms with Crippen LogP contribution in [-0.2, 0) is 4.74 Å². The summed E-state index contributed by atoms with van der Waals surface area (Å²) in [6.07, 6.45) is 1.03. The monoisotopic (exact) mass is 215 g/mol. The van der Waals surface area contributed by atoms with Crippen LogP contribution in [0.5, 0.6) is 0 Å². The maximum atomic E-state index is 10.2. The van der Waals surface area contributed by atoms with Crippen molar-refractivity contribution in [2.45, 2.75) is 20.3 Å². The fourth-order valence-electron chi connectivity index (χ4n) is 1.71. The van der Waals surface area contributed by atoms with Gasteiger partial charge in [0.15, 0.2) is 10.9 Å². The van der Waals surface area contributed by atoms with Gasteiger partial charge in [-0.05, 0) is 13.3 Å². The molecule has 0 aromatic carbocycles. The summed E-state index contributed by atoms with van der Waals surface area (Å²) in [5.74, 6) is 0.941. The van der Waals surface area contributed by atoms with E-state index in [9.17, 15) is 10.1 Å². The van der Waals surface area contributed by atoms with Gasteiger partial charge in [-0.3, -0.25) is 0 Å². The highest BCUT2D eigenvalue weighted by Crippen LogP contribution is 2.14. The number of amidine groups is 1. The van der Waals surface area contributed by atoms with Gasteiger partial charge in [-0.25, -0.2) is 10.1 Å². The first kappa shape index (κ1) is 11.9. The predicted molar refractivity (Wildman–Crippen MR) is 56.3 cm³/mol. The molecule has 0 spiro atoms. The van der Waals surface area contributed by atoms with Crippen molar-refractivity contribution >= 4 is 5.84 Å². The molecular formula is C9H17N3O3. The lowest BCUT2D eigenvalue weighted by Gasteiger charge is -2.23. The standard InChI is InChI=1S/C9H17N3O3/c1-3-11(8(2)10-12(13)14)6-9-4-5-15-7-9/h9H,3-7H2,1-2H3. The third-order valence-corrected chi connectivity index (χ3v) is 2.57. The molecule has 6 nitrogen and oxygen atoms in total. The number of rotatable bonds is 4. The molecule has 0 amide bonds. The van der Waals surface area contributed by atoms with Gasteiger partial charge in [-0.15, -0.1) is 0 Å². The van der Waals surface area contributed by atoms with Crippen molar-refractivity contribution in [1.29, 1.82) is 0 Å². The molecule has 1 atom stereocenters. The van der Waals surface area contributed by atoms with Crippen LogP contribution >= 0.6 is 0 Å². The zero-order chi connectivity index (χ0) is 11.3. The molecule has 0 N–H and O–H groups in total. The fraction of sp³-hybridized carbons (Fsp3) is 0.889. The van der Waals surface area contributed by atoms with Crippen LogP contribution in [0.15, 0.2) is 5.10 Å². The van der Waals surface area contributed by atoms with Gasteiger partial charge in [0.1, 0.15) is 0 Å². The average molecular weight is 215 g/mol. The first-order valence-corrected chi connectivity index (χ1v) is 5.15. The van der Waals surface area contributed by atoms with Crippen molar-refractivity contribution in [3.05, 3.63) is 10.1 Å². The summed E-state index contributed by atoms with van der Waals surface area (Å²) in [6.45, 7) is 6.71. The fourth-order valence-corrected chi connectivity index (χ4v) is 1.71. The van der Waals surface area contributed by atoms with Crippen LogP contribution in [0.1, 0.15) is 20.3 Å². The van der Waals surface area contributed by atoms with Crippen molar-refractivity contribution < 1.29 is 9.77 Å². The average Bonchev–Trinajstić information content (AvgIpc) is 2.65. The normalized spacial score (nSPS) is 21.7. The number of nitro groups is 1. The highest BCUT2D eigenvalue weighted by molar-refractivity contribution is 5.78. The molecule has 1 rings (SSSR count). The molecule has 1 saturated heterocycles. The second kappa shape index (κ2) is 5.65. The Bertz CT molecular complexity index is 249. The highest BCUT2D eigenvalue weighted by atomic mass is 16.7. The second-order valence-corrected chi connectivity index (χ2v) is 3.65. The predicted octanol–water partition coefficient (Wildman–Crippen LogP) is 0.955. The van der Waals surface area contributed by atoms with E-state index in [-0.39, 0.29) is 0 Å². The number of hydrogen-bond donors (Lipinski definition) is 0. The molecule has 0 saturated carbocycles. The first-order chi connectivity index (χ1) is 7.13. The van der Waals surface area contributed by atoms with Crippen LogP contribution in [0.4, 0.5) is 0 Å². The van der Waals surface area contributed by atoms with Gasteiger partial charge in [-0.2, -0.15) is 0 Å². The van der Waals surface area contributed by atoms with E-state index in [0.29, 0.717) is 11.8 Å². The lowest BCUT2D eigenvalue weighted by atomic mass is 10.1. The van der Waals surface area contributed by atoms with Crippen LogP contribution in [0.25, 0.3) is 0 Å². The van der Waals surface area contributed by atoms with Crippen LogP contribution in [-0.4, -0.2) is 42.1 Å². The quantitative estimate of drug-likeness (QED) is 0.303. The van der Waals surface area contributed by atoms with Crippen LogP contribution in [0.3, 0.4) is 0 Å². The van der Waals surface area contributed by atoms with Crippen molar-refractivity contribution in [2.75, 3.05) is 26.3 Å². The van der Waals surface area contributed by atoms with E-state index in [1.807, 2.05) is 11.8 Å². The molecule has 1 aliphatic heterocycles. The van der Waals surface area contributed by atoms with E-state index in [0.717, 1.165) is 32.7 Å². The molecule has 0 aliphatic carbocycles. The van der Waals surface area contributed by atoms with Gasteiger partial charge < -0.3 is 9.64 Å². The lowest BCUT2D eigenvalue weighted by molar-refractivity contribution is -0.485. The molecule has 1 fully saturated rings. The lowest BCUT2D eigenvalue weighted by Crippen LogP contribution is -2.34. The van der Waals surface area contributed by atoms with Gasteiger partial charge >= 0.3 is 0 Å². The van der Waals surface area contributed by atoms with Crippen molar-refractivity contribution in [1.82, 2.24) is 4.90 Å². The SMILES string of the molecule is CCN(CC1CCOC1)C(C)=N[N+](=O)[O-]. The largest absolute Gasteiger partial charge is 0.381 e. The Balaban J connectivity index is 2.50. The van der Waals surface area contributed by atoms with E-state index in [2.05, 4.69) is 5.10 Å². The van der Waals surface area contributed by atoms with Crippen LogP contribution in [0, 0.1) is 16.0 Å². The minimum absolute atomic E-state index is 0.467. The molecule has 86 valence electrons. The molecule has 0 aromatic rings. The van der Waals surface area contributed by atoms with E-state index in [4.69, 9.17) is 4.74 Å². The van der Waals surface area contributed by atoms with Crippen LogP contribution < -0.4 is 0 Å². The number of nitrogens with zero attached hydrogens (tertiary/aromatic N) is 3. The summed E-state index contributed by atoms with van der Waals surface area (Å²) < 4.78 is 5.26. The third kappa shape index (κ3) is 3.83. The number of hydrazone groups is 1. The Morgan fingerprint density at radius 2 is 2.47 bits per heavy atom. The zero-order valence-electron chi connectivity index (χ0n) is 9.18. The smallest absolute Gasteiger partial charge is 0.192 e. The van der Waals surface area contributed by atoms with E-state index in [1.165, 1.54) is 0 Å². The topological polar surface area (TPSA) is 68.0 Å². The second-order valence-electron chi connectivity index (χ2n) is 3.65. The van der Waals surface area contributed by atoms with Crippen LogP contribution in [0.2, 0.25) is 0 Å². The molecule has 1 heterocycles. The molecule has 0 radical (unpaired) electrons. The molecule has 15 heavy (non-hydrogen) atoms. The van der Waals surface area contributed by atoms with Crippen molar-refractivity contribution in [3.8, 4) is 0 Å². The van der Waals surface area contributed by atoms with E-state index < -0.39 is 5.03 Å². The van der Waals surface area contributed by atoms with Gasteiger partial charge in [0.05, 0.1) is 11.7 Å². The molecule has 0 aromatic heterocycles. The zero-order valence-corrected chi connectivity index (χ0v) is 9.18. The maximum Gasteiger partial charge on any atom is 0.192 e.